The summed E-state index contributed by atoms with van der Waals surface area (Å²) in [6.07, 6.45) is 4.75. The van der Waals surface area contributed by atoms with Gasteiger partial charge in [-0.3, -0.25) is 9.71 Å². The van der Waals surface area contributed by atoms with E-state index in [9.17, 15) is 4.21 Å². The van der Waals surface area contributed by atoms with Crippen LogP contribution in [0.5, 0.6) is 5.75 Å². The Labute approximate surface area is 210 Å². The second kappa shape index (κ2) is 9.82. The molecule has 0 amide bonds. The molecule has 174 valence electrons. The van der Waals surface area contributed by atoms with E-state index in [0.717, 1.165) is 43.7 Å². The topological polar surface area (TPSA) is 77.0 Å². The van der Waals surface area contributed by atoms with Crippen molar-refractivity contribution in [3.8, 4) is 28.1 Å². The van der Waals surface area contributed by atoms with Crippen molar-refractivity contribution in [1.82, 2.24) is 15.0 Å². The van der Waals surface area contributed by atoms with E-state index in [1.807, 2.05) is 55.5 Å². The minimum Gasteiger partial charge on any atom is -0.496 e. The molecule has 2 heterocycles. The number of ether oxygens (including phenoxy) is 1. The van der Waals surface area contributed by atoms with Crippen molar-refractivity contribution in [1.29, 1.82) is 0 Å². The number of benzene rings is 3. The van der Waals surface area contributed by atoms with Crippen molar-refractivity contribution in [2.45, 2.75) is 11.8 Å². The summed E-state index contributed by atoms with van der Waals surface area (Å²) in [5.41, 5.74) is 4.77. The summed E-state index contributed by atoms with van der Waals surface area (Å²) in [7, 11) is 0.183. The predicted molar refractivity (Wildman–Crippen MR) is 141 cm³/mol. The van der Waals surface area contributed by atoms with Crippen molar-refractivity contribution >= 4 is 39.2 Å². The molecule has 0 aliphatic rings. The van der Waals surface area contributed by atoms with Crippen molar-refractivity contribution in [3.05, 3.63) is 96.0 Å². The van der Waals surface area contributed by atoms with Gasteiger partial charge in [0, 0.05) is 28.4 Å². The van der Waals surface area contributed by atoms with Crippen LogP contribution in [0.15, 0.2) is 90.3 Å². The molecule has 3 aromatic carbocycles. The molecule has 5 rings (SSSR count). The number of fused-ring (bicyclic) bond motifs is 1. The molecule has 8 heteroatoms. The van der Waals surface area contributed by atoms with Gasteiger partial charge < -0.3 is 4.74 Å². The fourth-order valence-corrected chi connectivity index (χ4v) is 4.85. The van der Waals surface area contributed by atoms with Crippen molar-refractivity contribution in [2.24, 2.45) is 0 Å². The lowest BCUT2D eigenvalue weighted by atomic mass is 9.98. The molecule has 0 aliphatic heterocycles. The van der Waals surface area contributed by atoms with E-state index in [-0.39, 0.29) is 0 Å². The molecule has 1 atom stereocenters. The van der Waals surface area contributed by atoms with Crippen LogP contribution in [0.2, 0.25) is 5.02 Å². The number of aromatic nitrogens is 3. The van der Waals surface area contributed by atoms with Crippen LogP contribution >= 0.6 is 11.6 Å². The quantitative estimate of drug-likeness (QED) is 0.289. The molecular weight excluding hydrogens is 480 g/mol. The first-order valence-corrected chi connectivity index (χ1v) is 12.3. The van der Waals surface area contributed by atoms with Gasteiger partial charge in [-0.05, 0) is 77.5 Å². The van der Waals surface area contributed by atoms with Crippen LogP contribution in [0.3, 0.4) is 0 Å². The summed E-state index contributed by atoms with van der Waals surface area (Å²) >= 11 is 6.20. The Balaban J connectivity index is 1.51. The standard InChI is InChI=1S/C27H21ClN4O2S/c1-17-13-18(4-8-24(17)28)19-3-6-23(25(15-19)34-2)27-22-7-5-21(14-20(22)9-12-30-27)35(33)32-26-10-11-29-16-31-26/h3-16H,1-2H3,(H,29,31,32). The fraction of sp³-hybridized carbons (Fsp3) is 0.0741. The minimum absolute atomic E-state index is 0.495. The Hall–Kier alpha value is -3.81. The van der Waals surface area contributed by atoms with Gasteiger partial charge in [0.25, 0.3) is 0 Å². The molecule has 0 aliphatic carbocycles. The highest BCUT2D eigenvalue weighted by atomic mass is 35.5. The third-order valence-electron chi connectivity index (χ3n) is 5.68. The number of nitrogens with zero attached hydrogens (tertiary/aromatic N) is 3. The summed E-state index contributed by atoms with van der Waals surface area (Å²) in [5, 5.41) is 2.60. The Morgan fingerprint density at radius 1 is 0.914 bits per heavy atom. The molecule has 2 aromatic heterocycles. The molecule has 1 N–H and O–H groups in total. The van der Waals surface area contributed by atoms with E-state index in [1.54, 1.807) is 25.6 Å². The summed E-state index contributed by atoms with van der Waals surface area (Å²) in [4.78, 5) is 13.2. The van der Waals surface area contributed by atoms with Gasteiger partial charge in [0.05, 0.1) is 17.7 Å². The summed E-state index contributed by atoms with van der Waals surface area (Å²) in [5.74, 6) is 1.21. The molecule has 5 aromatic rings. The maximum atomic E-state index is 12.8. The first-order valence-electron chi connectivity index (χ1n) is 10.8. The van der Waals surface area contributed by atoms with Crippen LogP contribution in [0.4, 0.5) is 5.82 Å². The highest BCUT2D eigenvalue weighted by Crippen LogP contribution is 2.37. The zero-order valence-corrected chi connectivity index (χ0v) is 20.6. The van der Waals surface area contributed by atoms with Gasteiger partial charge in [-0.2, -0.15) is 0 Å². The average molecular weight is 501 g/mol. The number of rotatable bonds is 6. The lowest BCUT2D eigenvalue weighted by Gasteiger charge is -2.13. The SMILES string of the molecule is COc1cc(-c2ccc(Cl)c(C)c2)ccc1-c1nccc2cc(S(=O)Nc3ccncn3)ccc12. The maximum Gasteiger partial charge on any atom is 0.151 e. The zero-order valence-electron chi connectivity index (χ0n) is 19.0. The number of anilines is 1. The summed E-state index contributed by atoms with van der Waals surface area (Å²) < 4.78 is 21.5. The van der Waals surface area contributed by atoms with Crippen LogP contribution in [-0.2, 0) is 11.0 Å². The molecule has 6 nitrogen and oxygen atoms in total. The Kier molecular flexibility index (Phi) is 6.44. The molecule has 0 saturated heterocycles. The maximum absolute atomic E-state index is 12.8. The second-order valence-corrected chi connectivity index (χ2v) is 9.51. The third kappa shape index (κ3) is 4.73. The number of halogens is 1. The largest absolute Gasteiger partial charge is 0.496 e. The molecule has 0 fully saturated rings. The van der Waals surface area contributed by atoms with Crippen molar-refractivity contribution < 1.29 is 8.95 Å². The first-order chi connectivity index (χ1) is 17.0. The molecule has 35 heavy (non-hydrogen) atoms. The monoisotopic (exact) mass is 500 g/mol. The molecule has 0 radical (unpaired) electrons. The van der Waals surface area contributed by atoms with Gasteiger partial charge in [0.1, 0.15) is 17.9 Å². The van der Waals surface area contributed by atoms with E-state index in [4.69, 9.17) is 16.3 Å². The average Bonchev–Trinajstić information content (AvgIpc) is 2.89. The molecule has 0 bridgehead atoms. The van der Waals surface area contributed by atoms with Gasteiger partial charge in [-0.1, -0.05) is 29.8 Å². The molecule has 0 spiro atoms. The number of methoxy groups -OCH3 is 1. The molecular formula is C27H21ClN4O2S. The number of hydrogen-bond acceptors (Lipinski definition) is 5. The van der Waals surface area contributed by atoms with E-state index in [0.29, 0.717) is 16.5 Å². The minimum atomic E-state index is -1.47. The smallest absolute Gasteiger partial charge is 0.151 e. The van der Waals surface area contributed by atoms with Gasteiger partial charge in [-0.25, -0.2) is 14.2 Å². The highest BCUT2D eigenvalue weighted by molar-refractivity contribution is 7.86. The first kappa shape index (κ1) is 23.0. The number of nitrogens with one attached hydrogen (secondary N) is 1. The van der Waals surface area contributed by atoms with Gasteiger partial charge >= 0.3 is 0 Å². The summed E-state index contributed by atoms with van der Waals surface area (Å²) in [6.45, 7) is 1.99. The predicted octanol–water partition coefficient (Wildman–Crippen LogP) is 6.46. The Morgan fingerprint density at radius 3 is 2.51 bits per heavy atom. The van der Waals surface area contributed by atoms with Crippen molar-refractivity contribution in [2.75, 3.05) is 11.8 Å². The van der Waals surface area contributed by atoms with Gasteiger partial charge in [-0.15, -0.1) is 0 Å². The number of pyridine rings is 1. The van der Waals surface area contributed by atoms with Crippen LogP contribution in [-0.4, -0.2) is 26.3 Å². The lowest BCUT2D eigenvalue weighted by molar-refractivity contribution is 0.416. The number of aryl methyl sites for hydroxylation is 1. The van der Waals surface area contributed by atoms with E-state index in [1.165, 1.54) is 6.33 Å². The Bertz CT molecular complexity index is 1560. The van der Waals surface area contributed by atoms with Crippen LogP contribution < -0.4 is 9.46 Å². The highest BCUT2D eigenvalue weighted by Gasteiger charge is 2.14. The van der Waals surface area contributed by atoms with Crippen LogP contribution in [0, 0.1) is 6.92 Å². The normalized spacial score (nSPS) is 11.9. The lowest BCUT2D eigenvalue weighted by Crippen LogP contribution is -2.06. The van der Waals surface area contributed by atoms with Gasteiger partial charge in [0.15, 0.2) is 11.0 Å². The number of hydrogen-bond donors (Lipinski definition) is 1. The second-order valence-electron chi connectivity index (χ2n) is 7.89. The van der Waals surface area contributed by atoms with Crippen LogP contribution in [0.25, 0.3) is 33.2 Å². The molecule has 1 unspecified atom stereocenters. The van der Waals surface area contributed by atoms with Crippen molar-refractivity contribution in [3.63, 3.8) is 0 Å². The molecule has 0 saturated carbocycles. The van der Waals surface area contributed by atoms with Crippen LogP contribution in [0.1, 0.15) is 5.56 Å². The van der Waals surface area contributed by atoms with E-state index < -0.39 is 11.0 Å². The van der Waals surface area contributed by atoms with E-state index >= 15 is 0 Å². The Morgan fingerprint density at radius 2 is 1.74 bits per heavy atom. The van der Waals surface area contributed by atoms with Gasteiger partial charge in [0.2, 0.25) is 0 Å². The third-order valence-corrected chi connectivity index (χ3v) is 7.18. The summed E-state index contributed by atoms with van der Waals surface area (Å²) in [6, 6.07) is 21.3. The van der Waals surface area contributed by atoms with E-state index in [2.05, 4.69) is 31.8 Å². The zero-order chi connectivity index (χ0) is 24.4. The fourth-order valence-electron chi connectivity index (χ4n) is 3.88.